The molecule has 1 aromatic carbocycles. The number of fused-ring (bicyclic) bond motifs is 1. The van der Waals surface area contributed by atoms with E-state index in [1.54, 1.807) is 38.4 Å². The summed E-state index contributed by atoms with van der Waals surface area (Å²) >= 11 is 0. The number of benzene rings is 1. The third-order valence-corrected chi connectivity index (χ3v) is 3.66. The lowest BCUT2D eigenvalue weighted by molar-refractivity contribution is -0.144. The van der Waals surface area contributed by atoms with Gasteiger partial charge in [-0.15, -0.1) is 0 Å². The molecule has 0 spiro atoms. The predicted octanol–water partition coefficient (Wildman–Crippen LogP) is 2.53. The summed E-state index contributed by atoms with van der Waals surface area (Å²) in [5.74, 6) is -1.10. The van der Waals surface area contributed by atoms with Crippen LogP contribution in [0.5, 0.6) is 0 Å². The maximum atomic E-state index is 13.1. The van der Waals surface area contributed by atoms with Gasteiger partial charge in [-0.25, -0.2) is 15.0 Å². The van der Waals surface area contributed by atoms with Crippen molar-refractivity contribution >= 4 is 29.1 Å². The van der Waals surface area contributed by atoms with Gasteiger partial charge in [0.15, 0.2) is 17.0 Å². The molecular weight excluding hydrogens is 349 g/mol. The van der Waals surface area contributed by atoms with Gasteiger partial charge in [-0.2, -0.15) is 13.2 Å². The Hall–Kier alpha value is -3.17. The molecule has 0 aliphatic carbocycles. The van der Waals surface area contributed by atoms with Gasteiger partial charge < -0.3 is 14.8 Å². The fourth-order valence-corrected chi connectivity index (χ4v) is 2.45. The van der Waals surface area contributed by atoms with E-state index in [4.69, 9.17) is 0 Å². The minimum Gasteiger partial charge on any atom is -0.361 e. The first-order valence-electron chi connectivity index (χ1n) is 7.56. The smallest absolute Gasteiger partial charge is 0.361 e. The summed E-state index contributed by atoms with van der Waals surface area (Å²) in [7, 11) is 3.19. The van der Waals surface area contributed by atoms with Crippen molar-refractivity contribution in [2.45, 2.75) is 12.7 Å². The fourth-order valence-electron chi connectivity index (χ4n) is 2.45. The van der Waals surface area contributed by atoms with E-state index >= 15 is 0 Å². The molecule has 26 heavy (non-hydrogen) atoms. The van der Waals surface area contributed by atoms with Crippen LogP contribution in [0.25, 0.3) is 11.2 Å². The first-order chi connectivity index (χ1) is 12.3. The van der Waals surface area contributed by atoms with Gasteiger partial charge in [-0.05, 0) is 17.7 Å². The van der Waals surface area contributed by atoms with Crippen molar-refractivity contribution in [1.82, 2.24) is 19.5 Å². The van der Waals surface area contributed by atoms with E-state index in [0.29, 0.717) is 17.6 Å². The van der Waals surface area contributed by atoms with Gasteiger partial charge >= 0.3 is 6.18 Å². The van der Waals surface area contributed by atoms with Crippen molar-refractivity contribution in [2.75, 3.05) is 24.3 Å². The number of carbonyl (C=O) groups is 1. The molecule has 0 atom stereocenters. The first-order valence-corrected chi connectivity index (χ1v) is 7.56. The first kappa shape index (κ1) is 17.6. The van der Waals surface area contributed by atoms with Crippen LogP contribution >= 0.6 is 0 Å². The van der Waals surface area contributed by atoms with Gasteiger partial charge in [0.2, 0.25) is 12.2 Å². The maximum Gasteiger partial charge on any atom is 0.451 e. The molecule has 0 saturated heterocycles. The summed E-state index contributed by atoms with van der Waals surface area (Å²) in [5, 5.41) is 2.52. The molecule has 3 aromatic rings. The minimum atomic E-state index is -4.66. The highest BCUT2D eigenvalue weighted by Crippen LogP contribution is 2.30. The number of carbonyl (C=O) groups excluding carboxylic acids is 1. The highest BCUT2D eigenvalue weighted by atomic mass is 19.4. The Labute approximate surface area is 146 Å². The number of aromatic nitrogens is 4. The number of nitrogens with zero attached hydrogens (tertiary/aromatic N) is 5. The molecule has 0 unspecified atom stereocenters. The van der Waals surface area contributed by atoms with Gasteiger partial charge in [0.25, 0.3) is 0 Å². The zero-order chi connectivity index (χ0) is 18.9. The summed E-state index contributed by atoms with van der Waals surface area (Å²) in [6.45, 7) is 0.277. The quantitative estimate of drug-likeness (QED) is 0.704. The van der Waals surface area contributed by atoms with Crippen LogP contribution in [-0.2, 0) is 17.5 Å². The molecule has 0 saturated carbocycles. The Bertz CT molecular complexity index is 934. The van der Waals surface area contributed by atoms with Crippen LogP contribution in [0.2, 0.25) is 0 Å². The third kappa shape index (κ3) is 3.44. The van der Waals surface area contributed by atoms with Crippen molar-refractivity contribution < 1.29 is 18.0 Å². The number of rotatable bonds is 5. The molecule has 3 rings (SSSR count). The average Bonchev–Trinajstić information content (AvgIpc) is 2.98. The lowest BCUT2D eigenvalue weighted by atomic mass is 10.2. The third-order valence-electron chi connectivity index (χ3n) is 3.66. The van der Waals surface area contributed by atoms with Gasteiger partial charge in [0.05, 0.1) is 12.9 Å². The summed E-state index contributed by atoms with van der Waals surface area (Å²) in [6, 6.07) is 6.92. The molecule has 2 heterocycles. The van der Waals surface area contributed by atoms with Crippen molar-refractivity contribution in [3.8, 4) is 0 Å². The molecule has 1 amide bonds. The second-order valence-electron chi connectivity index (χ2n) is 5.77. The van der Waals surface area contributed by atoms with Gasteiger partial charge in [0, 0.05) is 19.8 Å². The van der Waals surface area contributed by atoms with Crippen LogP contribution in [0.3, 0.4) is 0 Å². The van der Waals surface area contributed by atoms with E-state index in [0.717, 1.165) is 5.56 Å². The van der Waals surface area contributed by atoms with Crippen LogP contribution in [0.4, 0.5) is 24.7 Å². The van der Waals surface area contributed by atoms with E-state index in [2.05, 4.69) is 20.3 Å². The molecule has 7 nitrogen and oxygen atoms in total. The molecule has 0 aliphatic heterocycles. The van der Waals surface area contributed by atoms with Crippen LogP contribution in [0, 0.1) is 0 Å². The van der Waals surface area contributed by atoms with E-state index in [1.165, 1.54) is 15.8 Å². The standard InChI is InChI=1S/C16H15F3N6O/c1-24(2)13-12-14(23-15(22-13)16(17,18)19)25(8-20-12)7-10-3-5-11(6-4-10)21-9-26/h3-6,8-9H,7H2,1-2H3,(H,21,26). The van der Waals surface area contributed by atoms with E-state index in [1.807, 2.05) is 0 Å². The zero-order valence-electron chi connectivity index (χ0n) is 13.9. The Morgan fingerprint density at radius 2 is 1.88 bits per heavy atom. The molecule has 10 heteroatoms. The number of halogens is 3. The summed E-state index contributed by atoms with van der Waals surface area (Å²) < 4.78 is 40.9. The Morgan fingerprint density at radius 1 is 1.19 bits per heavy atom. The van der Waals surface area contributed by atoms with Crippen LogP contribution in [0.1, 0.15) is 11.4 Å². The second kappa shape index (κ2) is 6.62. The number of amides is 1. The minimum absolute atomic E-state index is 0.103. The molecule has 0 aliphatic rings. The zero-order valence-corrected chi connectivity index (χ0v) is 13.9. The van der Waals surface area contributed by atoms with Crippen molar-refractivity contribution in [3.63, 3.8) is 0 Å². The fraction of sp³-hybridized carbons (Fsp3) is 0.250. The molecule has 2 aromatic heterocycles. The van der Waals surface area contributed by atoms with E-state index < -0.39 is 12.0 Å². The van der Waals surface area contributed by atoms with Crippen LogP contribution in [-0.4, -0.2) is 40.0 Å². The topological polar surface area (TPSA) is 75.9 Å². The average molecular weight is 364 g/mol. The monoisotopic (exact) mass is 364 g/mol. The van der Waals surface area contributed by atoms with Crippen molar-refractivity contribution in [3.05, 3.63) is 42.0 Å². The lowest BCUT2D eigenvalue weighted by Crippen LogP contribution is -2.18. The number of hydrogen-bond acceptors (Lipinski definition) is 5. The van der Waals surface area contributed by atoms with Crippen LogP contribution < -0.4 is 10.2 Å². The van der Waals surface area contributed by atoms with Crippen molar-refractivity contribution in [2.24, 2.45) is 0 Å². The summed E-state index contributed by atoms with van der Waals surface area (Å²) in [6.07, 6.45) is -2.66. The van der Waals surface area contributed by atoms with E-state index in [-0.39, 0.29) is 18.0 Å². The van der Waals surface area contributed by atoms with E-state index in [9.17, 15) is 18.0 Å². The largest absolute Gasteiger partial charge is 0.451 e. The maximum absolute atomic E-state index is 13.1. The normalized spacial score (nSPS) is 11.6. The number of alkyl halides is 3. The van der Waals surface area contributed by atoms with Gasteiger partial charge in [-0.1, -0.05) is 12.1 Å². The highest BCUT2D eigenvalue weighted by molar-refractivity contribution is 5.83. The molecule has 0 radical (unpaired) electrons. The Kier molecular flexibility index (Phi) is 4.49. The molecule has 136 valence electrons. The van der Waals surface area contributed by atoms with Crippen LogP contribution in [0.15, 0.2) is 30.6 Å². The number of imidazole rings is 1. The van der Waals surface area contributed by atoms with Crippen molar-refractivity contribution in [1.29, 1.82) is 0 Å². The number of hydrogen-bond donors (Lipinski definition) is 1. The molecule has 0 bridgehead atoms. The van der Waals surface area contributed by atoms with Gasteiger partial charge in [-0.3, -0.25) is 4.79 Å². The Balaban J connectivity index is 2.03. The summed E-state index contributed by atoms with van der Waals surface area (Å²) in [5.41, 5.74) is 1.84. The molecular formula is C16H15F3N6O. The predicted molar refractivity (Wildman–Crippen MR) is 89.9 cm³/mol. The molecule has 1 N–H and O–H groups in total. The van der Waals surface area contributed by atoms with Gasteiger partial charge in [0.1, 0.15) is 0 Å². The molecule has 0 fully saturated rings. The lowest BCUT2D eigenvalue weighted by Gasteiger charge is -2.14. The number of anilines is 2. The summed E-state index contributed by atoms with van der Waals surface area (Å²) in [4.78, 5) is 23.3. The SMILES string of the molecule is CN(C)c1nc(C(F)(F)F)nc2c1ncn2Cc1ccc(NC=O)cc1. The highest BCUT2D eigenvalue weighted by Gasteiger charge is 2.36. The second-order valence-corrected chi connectivity index (χ2v) is 5.77. The Morgan fingerprint density at radius 3 is 2.46 bits per heavy atom. The number of nitrogens with one attached hydrogen (secondary N) is 1.